The molecular weight excluding hydrogens is 160 g/mol. The summed E-state index contributed by atoms with van der Waals surface area (Å²) in [4.78, 5) is 11.6. The average molecular weight is 178 g/mol. The molecule has 0 saturated heterocycles. The van der Waals surface area contributed by atoms with Gasteiger partial charge in [-0.2, -0.15) is 0 Å². The molecular formula is C12H18O. The highest BCUT2D eigenvalue weighted by Gasteiger charge is 2.11. The van der Waals surface area contributed by atoms with E-state index in [1.165, 1.54) is 0 Å². The summed E-state index contributed by atoms with van der Waals surface area (Å²) in [6.07, 6.45) is 10.1. The third-order valence-electron chi connectivity index (χ3n) is 2.49. The van der Waals surface area contributed by atoms with E-state index >= 15 is 0 Å². The highest BCUT2D eigenvalue weighted by molar-refractivity contribution is 5.95. The van der Waals surface area contributed by atoms with Crippen LogP contribution in [0.2, 0.25) is 0 Å². The minimum absolute atomic E-state index is 0.345. The van der Waals surface area contributed by atoms with E-state index in [1.807, 2.05) is 13.0 Å². The van der Waals surface area contributed by atoms with Gasteiger partial charge < -0.3 is 0 Å². The van der Waals surface area contributed by atoms with Gasteiger partial charge in [0.2, 0.25) is 0 Å². The molecule has 72 valence electrons. The minimum Gasteiger partial charge on any atom is -0.295 e. The summed E-state index contributed by atoms with van der Waals surface area (Å²) >= 11 is 0. The Morgan fingerprint density at radius 2 is 2.31 bits per heavy atom. The highest BCUT2D eigenvalue weighted by atomic mass is 16.1. The number of carbonyl (C=O) groups excluding carboxylic acids is 1. The van der Waals surface area contributed by atoms with Gasteiger partial charge in [0.15, 0.2) is 5.78 Å². The predicted molar refractivity (Wildman–Crippen MR) is 55.5 cm³/mol. The number of hydrogen-bond acceptors (Lipinski definition) is 1. The van der Waals surface area contributed by atoms with Crippen LogP contribution in [0.3, 0.4) is 0 Å². The second-order valence-electron chi connectivity index (χ2n) is 3.74. The standard InChI is InChI=1S/C12H18O/c1-3-11-9-10(2)7-5-4-6-8-12(11)13/h3,5,7,10H,4,6,8-9H2,1-2H3/b7-5-,11-3-. The van der Waals surface area contributed by atoms with Crippen LogP contribution in [0.25, 0.3) is 0 Å². The Morgan fingerprint density at radius 3 is 3.00 bits per heavy atom. The Bertz CT molecular complexity index is 236. The van der Waals surface area contributed by atoms with Crippen molar-refractivity contribution < 1.29 is 4.79 Å². The fourth-order valence-corrected chi connectivity index (χ4v) is 1.68. The summed E-state index contributed by atoms with van der Waals surface area (Å²) in [6.45, 7) is 4.13. The van der Waals surface area contributed by atoms with Crippen molar-refractivity contribution in [2.75, 3.05) is 0 Å². The number of rotatable bonds is 0. The summed E-state index contributed by atoms with van der Waals surface area (Å²) in [6, 6.07) is 0. The zero-order valence-corrected chi connectivity index (χ0v) is 8.55. The normalized spacial score (nSPS) is 30.8. The van der Waals surface area contributed by atoms with Crippen molar-refractivity contribution in [3.63, 3.8) is 0 Å². The van der Waals surface area contributed by atoms with Gasteiger partial charge in [0.05, 0.1) is 0 Å². The Hall–Kier alpha value is -0.850. The van der Waals surface area contributed by atoms with Gasteiger partial charge in [-0.3, -0.25) is 4.79 Å². The van der Waals surface area contributed by atoms with Crippen molar-refractivity contribution in [3.05, 3.63) is 23.8 Å². The quantitative estimate of drug-likeness (QED) is 0.411. The monoisotopic (exact) mass is 178 g/mol. The molecule has 0 amide bonds. The largest absolute Gasteiger partial charge is 0.295 e. The van der Waals surface area contributed by atoms with Gasteiger partial charge in [-0.25, -0.2) is 0 Å². The van der Waals surface area contributed by atoms with Gasteiger partial charge in [0.25, 0.3) is 0 Å². The molecule has 0 saturated carbocycles. The lowest BCUT2D eigenvalue weighted by Crippen LogP contribution is -2.04. The minimum atomic E-state index is 0.345. The number of carbonyl (C=O) groups is 1. The van der Waals surface area contributed by atoms with Gasteiger partial charge in [-0.1, -0.05) is 25.2 Å². The van der Waals surface area contributed by atoms with E-state index in [2.05, 4.69) is 19.1 Å². The van der Waals surface area contributed by atoms with E-state index in [0.29, 0.717) is 11.7 Å². The molecule has 0 aromatic carbocycles. The Kier molecular flexibility index (Phi) is 3.94. The first kappa shape index (κ1) is 10.2. The molecule has 1 unspecified atom stereocenters. The van der Waals surface area contributed by atoms with Crippen LogP contribution in [0.4, 0.5) is 0 Å². The Balaban J connectivity index is 2.72. The van der Waals surface area contributed by atoms with E-state index in [0.717, 1.165) is 31.3 Å². The van der Waals surface area contributed by atoms with E-state index < -0.39 is 0 Å². The molecule has 0 spiro atoms. The number of Topliss-reactive ketones (excluding diaryl/α,β-unsaturated/α-hetero) is 1. The molecule has 1 atom stereocenters. The highest BCUT2D eigenvalue weighted by Crippen LogP contribution is 2.18. The van der Waals surface area contributed by atoms with Crippen LogP contribution in [0.5, 0.6) is 0 Å². The molecule has 13 heavy (non-hydrogen) atoms. The fraction of sp³-hybridized carbons (Fsp3) is 0.583. The van der Waals surface area contributed by atoms with Crippen LogP contribution in [0.1, 0.15) is 39.5 Å². The van der Waals surface area contributed by atoms with Crippen LogP contribution in [-0.4, -0.2) is 5.78 Å². The van der Waals surface area contributed by atoms with Crippen LogP contribution in [0, 0.1) is 5.92 Å². The predicted octanol–water partition coefficient (Wildman–Crippen LogP) is 3.27. The third-order valence-corrected chi connectivity index (χ3v) is 2.49. The molecule has 1 aliphatic carbocycles. The number of ketones is 1. The lowest BCUT2D eigenvalue weighted by atomic mass is 9.97. The lowest BCUT2D eigenvalue weighted by Gasteiger charge is -2.07. The topological polar surface area (TPSA) is 17.1 Å². The molecule has 0 radical (unpaired) electrons. The second-order valence-corrected chi connectivity index (χ2v) is 3.74. The maximum Gasteiger partial charge on any atom is 0.158 e. The molecule has 1 aliphatic rings. The van der Waals surface area contributed by atoms with Crippen molar-refractivity contribution >= 4 is 5.78 Å². The van der Waals surface area contributed by atoms with Gasteiger partial charge in [-0.05, 0) is 37.7 Å². The van der Waals surface area contributed by atoms with Crippen molar-refractivity contribution in [2.45, 2.75) is 39.5 Å². The molecule has 0 bridgehead atoms. The van der Waals surface area contributed by atoms with Crippen molar-refractivity contribution in [2.24, 2.45) is 5.92 Å². The maximum atomic E-state index is 11.6. The number of hydrogen-bond donors (Lipinski definition) is 0. The van der Waals surface area contributed by atoms with Crippen LogP contribution in [-0.2, 0) is 4.79 Å². The Morgan fingerprint density at radius 1 is 1.54 bits per heavy atom. The van der Waals surface area contributed by atoms with Crippen LogP contribution in [0.15, 0.2) is 23.8 Å². The van der Waals surface area contributed by atoms with Crippen LogP contribution < -0.4 is 0 Å². The van der Waals surface area contributed by atoms with Gasteiger partial charge >= 0.3 is 0 Å². The van der Waals surface area contributed by atoms with Crippen LogP contribution >= 0.6 is 0 Å². The summed E-state index contributed by atoms with van der Waals surface area (Å²) < 4.78 is 0. The summed E-state index contributed by atoms with van der Waals surface area (Å²) in [5.74, 6) is 0.853. The molecule has 0 aliphatic heterocycles. The third kappa shape index (κ3) is 3.17. The van der Waals surface area contributed by atoms with E-state index in [4.69, 9.17) is 0 Å². The molecule has 0 heterocycles. The van der Waals surface area contributed by atoms with E-state index in [-0.39, 0.29) is 0 Å². The molecule has 1 nitrogen and oxygen atoms in total. The van der Waals surface area contributed by atoms with E-state index in [9.17, 15) is 4.79 Å². The zero-order chi connectivity index (χ0) is 9.68. The lowest BCUT2D eigenvalue weighted by molar-refractivity contribution is -0.115. The Labute approximate surface area is 80.5 Å². The molecule has 0 aromatic rings. The fourth-order valence-electron chi connectivity index (χ4n) is 1.68. The smallest absolute Gasteiger partial charge is 0.158 e. The van der Waals surface area contributed by atoms with Gasteiger partial charge in [0, 0.05) is 6.42 Å². The average Bonchev–Trinajstić information content (AvgIpc) is 2.19. The van der Waals surface area contributed by atoms with Crippen molar-refractivity contribution in [1.82, 2.24) is 0 Å². The summed E-state index contributed by atoms with van der Waals surface area (Å²) in [5.41, 5.74) is 1.01. The van der Waals surface area contributed by atoms with Gasteiger partial charge in [-0.15, -0.1) is 0 Å². The first-order valence-electron chi connectivity index (χ1n) is 5.09. The first-order valence-corrected chi connectivity index (χ1v) is 5.09. The van der Waals surface area contributed by atoms with Crippen molar-refractivity contribution in [1.29, 1.82) is 0 Å². The second kappa shape index (κ2) is 5.00. The molecule has 0 fully saturated rings. The molecule has 0 N–H and O–H groups in total. The molecule has 1 rings (SSSR count). The summed E-state index contributed by atoms with van der Waals surface area (Å²) in [7, 11) is 0. The van der Waals surface area contributed by atoms with Crippen molar-refractivity contribution in [3.8, 4) is 0 Å². The number of allylic oxidation sites excluding steroid dienone is 4. The molecule has 0 aromatic heterocycles. The molecule has 1 heteroatoms. The SMILES string of the molecule is C/C=C1/CC(C)/C=C\CCCC1=O. The van der Waals surface area contributed by atoms with E-state index in [1.54, 1.807) is 0 Å². The van der Waals surface area contributed by atoms with Gasteiger partial charge in [0.1, 0.15) is 0 Å². The zero-order valence-electron chi connectivity index (χ0n) is 8.55. The maximum absolute atomic E-state index is 11.6. The summed E-state index contributed by atoms with van der Waals surface area (Å²) in [5, 5.41) is 0. The first-order chi connectivity index (χ1) is 6.24.